The molecule has 1 fully saturated rings. The summed E-state index contributed by atoms with van der Waals surface area (Å²) in [6.07, 6.45) is 0.208. The highest BCUT2D eigenvalue weighted by atomic mass is 16.5. The molecule has 1 aliphatic rings. The summed E-state index contributed by atoms with van der Waals surface area (Å²) in [7, 11) is 1.34. The van der Waals surface area contributed by atoms with Gasteiger partial charge >= 0.3 is 5.97 Å². The lowest BCUT2D eigenvalue weighted by Crippen LogP contribution is -2.26. The Bertz CT molecular complexity index is 473. The smallest absolute Gasteiger partial charge is 0.311 e. The number of ether oxygens (including phenoxy) is 1. The van der Waals surface area contributed by atoms with Gasteiger partial charge in [-0.2, -0.15) is 0 Å². The van der Waals surface area contributed by atoms with Crippen LogP contribution in [0.1, 0.15) is 12.0 Å². The molecule has 18 heavy (non-hydrogen) atoms. The van der Waals surface area contributed by atoms with Gasteiger partial charge in [0.15, 0.2) is 0 Å². The van der Waals surface area contributed by atoms with Gasteiger partial charge < -0.3 is 15.4 Å². The average Bonchev–Trinajstić information content (AvgIpc) is 2.80. The Hall–Kier alpha value is -1.88. The number of anilines is 1. The molecule has 5 nitrogen and oxygen atoms in total. The fraction of sp³-hybridized carbons (Fsp3) is 0.385. The van der Waals surface area contributed by atoms with Crippen LogP contribution in [-0.4, -0.2) is 25.5 Å². The molecule has 1 heterocycles. The van der Waals surface area contributed by atoms with Gasteiger partial charge in [0.25, 0.3) is 0 Å². The summed E-state index contributed by atoms with van der Waals surface area (Å²) >= 11 is 0. The van der Waals surface area contributed by atoms with E-state index in [9.17, 15) is 9.59 Å². The van der Waals surface area contributed by atoms with E-state index < -0.39 is 0 Å². The Kier molecular flexibility index (Phi) is 3.62. The number of esters is 1. The number of carbonyl (C=O) groups is 2. The highest BCUT2D eigenvalue weighted by Crippen LogP contribution is 2.26. The lowest BCUT2D eigenvalue weighted by molar-refractivity contribution is -0.145. The summed E-state index contributed by atoms with van der Waals surface area (Å²) in [4.78, 5) is 24.9. The molecule has 1 atom stereocenters. The molecule has 0 spiro atoms. The predicted octanol–water partition coefficient (Wildman–Crippen LogP) is 0.671. The molecule has 2 N–H and O–H groups in total. The van der Waals surface area contributed by atoms with Crippen LogP contribution in [0.4, 0.5) is 5.69 Å². The molecule has 1 aromatic rings. The van der Waals surface area contributed by atoms with Gasteiger partial charge in [-0.05, 0) is 17.7 Å². The van der Waals surface area contributed by atoms with Crippen LogP contribution < -0.4 is 10.6 Å². The zero-order valence-electron chi connectivity index (χ0n) is 10.3. The number of hydrogen-bond donors (Lipinski definition) is 1. The minimum absolute atomic E-state index is 0.0560. The zero-order chi connectivity index (χ0) is 13.1. The van der Waals surface area contributed by atoms with Crippen molar-refractivity contribution in [1.29, 1.82) is 0 Å². The van der Waals surface area contributed by atoms with Gasteiger partial charge in [-0.25, -0.2) is 0 Å². The van der Waals surface area contributed by atoms with Crippen LogP contribution >= 0.6 is 0 Å². The van der Waals surface area contributed by atoms with Crippen molar-refractivity contribution in [2.45, 2.75) is 13.0 Å². The standard InChI is InChI=1S/C13H16N2O3/c1-18-13(17)10-6-12(16)15(8-10)11-4-2-3-9(5-11)7-14/h2-5,10H,6-8,14H2,1H3. The quantitative estimate of drug-likeness (QED) is 0.798. The lowest BCUT2D eigenvalue weighted by Gasteiger charge is -2.17. The maximum absolute atomic E-state index is 11.9. The average molecular weight is 248 g/mol. The topological polar surface area (TPSA) is 72.6 Å². The third-order valence-corrected chi connectivity index (χ3v) is 3.12. The van der Waals surface area contributed by atoms with Crippen molar-refractivity contribution < 1.29 is 14.3 Å². The van der Waals surface area contributed by atoms with E-state index in [0.717, 1.165) is 11.3 Å². The summed E-state index contributed by atoms with van der Waals surface area (Å²) in [6, 6.07) is 7.48. The van der Waals surface area contributed by atoms with Gasteiger partial charge in [0, 0.05) is 25.2 Å². The van der Waals surface area contributed by atoms with Crippen LogP contribution in [0.15, 0.2) is 24.3 Å². The first-order valence-electron chi connectivity index (χ1n) is 5.83. The molecular formula is C13H16N2O3. The number of carbonyl (C=O) groups excluding carboxylic acids is 2. The van der Waals surface area contributed by atoms with E-state index >= 15 is 0 Å². The van der Waals surface area contributed by atoms with E-state index in [0.29, 0.717) is 13.1 Å². The summed E-state index contributed by atoms with van der Waals surface area (Å²) in [5.74, 6) is -0.760. The maximum Gasteiger partial charge on any atom is 0.311 e. The Morgan fingerprint density at radius 3 is 3.00 bits per heavy atom. The number of hydrogen-bond acceptors (Lipinski definition) is 4. The normalized spacial score (nSPS) is 19.1. The molecule has 0 aliphatic carbocycles. The first-order valence-corrected chi connectivity index (χ1v) is 5.83. The predicted molar refractivity (Wildman–Crippen MR) is 66.8 cm³/mol. The van der Waals surface area contributed by atoms with Crippen molar-refractivity contribution in [3.05, 3.63) is 29.8 Å². The van der Waals surface area contributed by atoms with Crippen molar-refractivity contribution in [3.63, 3.8) is 0 Å². The van der Waals surface area contributed by atoms with Crippen LogP contribution in [0.2, 0.25) is 0 Å². The van der Waals surface area contributed by atoms with Crippen LogP contribution in [0.5, 0.6) is 0 Å². The van der Waals surface area contributed by atoms with Gasteiger partial charge in [-0.1, -0.05) is 12.1 Å². The lowest BCUT2D eigenvalue weighted by atomic mass is 10.1. The molecule has 1 aromatic carbocycles. The van der Waals surface area contributed by atoms with Gasteiger partial charge in [0.05, 0.1) is 13.0 Å². The summed E-state index contributed by atoms with van der Waals surface area (Å²) in [5.41, 5.74) is 7.32. The van der Waals surface area contributed by atoms with E-state index in [1.54, 1.807) is 4.90 Å². The largest absolute Gasteiger partial charge is 0.469 e. The number of methoxy groups -OCH3 is 1. The SMILES string of the molecule is COC(=O)C1CC(=O)N(c2cccc(CN)c2)C1. The highest BCUT2D eigenvalue weighted by molar-refractivity contribution is 5.99. The number of benzene rings is 1. The first-order chi connectivity index (χ1) is 8.65. The molecule has 0 aromatic heterocycles. The Balaban J connectivity index is 2.18. The van der Waals surface area contributed by atoms with Crippen LogP contribution in [0.3, 0.4) is 0 Å². The second-order valence-corrected chi connectivity index (χ2v) is 4.30. The third kappa shape index (κ3) is 2.36. The number of nitrogens with zero attached hydrogens (tertiary/aromatic N) is 1. The zero-order valence-corrected chi connectivity index (χ0v) is 10.3. The fourth-order valence-corrected chi connectivity index (χ4v) is 2.13. The van der Waals surface area contributed by atoms with Gasteiger partial charge in [-0.15, -0.1) is 0 Å². The summed E-state index contributed by atoms with van der Waals surface area (Å²) in [5, 5.41) is 0. The van der Waals surface area contributed by atoms with E-state index in [1.807, 2.05) is 24.3 Å². The van der Waals surface area contributed by atoms with E-state index in [2.05, 4.69) is 4.74 Å². The Morgan fingerprint density at radius 1 is 1.56 bits per heavy atom. The van der Waals surface area contributed by atoms with Gasteiger partial charge in [0.1, 0.15) is 0 Å². The second-order valence-electron chi connectivity index (χ2n) is 4.30. The second kappa shape index (κ2) is 5.18. The molecule has 1 unspecified atom stereocenters. The molecule has 0 bridgehead atoms. The number of amides is 1. The number of rotatable bonds is 3. The monoisotopic (exact) mass is 248 g/mol. The van der Waals surface area contributed by atoms with Crippen molar-refractivity contribution in [2.24, 2.45) is 11.7 Å². The van der Waals surface area contributed by atoms with Crippen molar-refractivity contribution in [1.82, 2.24) is 0 Å². The van der Waals surface area contributed by atoms with Crippen LogP contribution in [0, 0.1) is 5.92 Å². The Morgan fingerprint density at radius 2 is 2.33 bits per heavy atom. The third-order valence-electron chi connectivity index (χ3n) is 3.12. The molecule has 0 saturated carbocycles. The molecule has 1 amide bonds. The van der Waals surface area contributed by atoms with Gasteiger partial charge in [0.2, 0.25) is 5.91 Å². The van der Waals surface area contributed by atoms with E-state index in [4.69, 9.17) is 5.73 Å². The molecule has 1 aliphatic heterocycles. The van der Waals surface area contributed by atoms with E-state index in [1.165, 1.54) is 7.11 Å². The van der Waals surface area contributed by atoms with Crippen molar-refractivity contribution in [2.75, 3.05) is 18.6 Å². The molecule has 2 rings (SSSR count). The maximum atomic E-state index is 11.9. The van der Waals surface area contributed by atoms with Crippen LogP contribution in [0.25, 0.3) is 0 Å². The fourth-order valence-electron chi connectivity index (χ4n) is 2.13. The van der Waals surface area contributed by atoms with Crippen molar-refractivity contribution >= 4 is 17.6 Å². The molecule has 0 radical (unpaired) electrons. The molecule has 5 heteroatoms. The minimum atomic E-state index is -0.371. The first kappa shape index (κ1) is 12.6. The minimum Gasteiger partial charge on any atom is -0.469 e. The highest BCUT2D eigenvalue weighted by Gasteiger charge is 2.35. The molecule has 1 saturated heterocycles. The summed E-state index contributed by atoms with van der Waals surface area (Å²) in [6.45, 7) is 0.801. The number of nitrogens with two attached hydrogens (primary N) is 1. The van der Waals surface area contributed by atoms with Crippen LogP contribution in [-0.2, 0) is 20.9 Å². The van der Waals surface area contributed by atoms with E-state index in [-0.39, 0.29) is 24.2 Å². The summed E-state index contributed by atoms with van der Waals surface area (Å²) < 4.78 is 4.67. The van der Waals surface area contributed by atoms with Crippen molar-refractivity contribution in [3.8, 4) is 0 Å². The Labute approximate surface area is 106 Å². The molecule has 96 valence electrons. The van der Waals surface area contributed by atoms with Gasteiger partial charge in [-0.3, -0.25) is 9.59 Å². The molecular weight excluding hydrogens is 232 g/mol.